The Hall–Kier alpha value is -2.85. The average molecular weight is 474 g/mol. The first-order chi connectivity index (χ1) is 15.4. The third kappa shape index (κ3) is 6.82. The molecule has 2 aromatic rings. The molecule has 0 radical (unpaired) electrons. The number of halogens is 6. The van der Waals surface area contributed by atoms with Crippen molar-refractivity contribution in [2.45, 2.75) is 57.8 Å². The maximum Gasteiger partial charge on any atom is 0.432 e. The number of aliphatic imine (C=N–C) groups is 1. The lowest BCUT2D eigenvalue weighted by molar-refractivity contribution is -0.141. The highest BCUT2D eigenvalue weighted by Gasteiger charge is 2.33. The van der Waals surface area contributed by atoms with Gasteiger partial charge in [0, 0.05) is 18.1 Å². The fraction of sp³-hybridized carbons (Fsp3) is 0.500. The number of rotatable bonds is 5. The van der Waals surface area contributed by atoms with E-state index in [-0.39, 0.29) is 29.6 Å². The van der Waals surface area contributed by atoms with E-state index < -0.39 is 29.5 Å². The Bertz CT molecular complexity index is 972. The van der Waals surface area contributed by atoms with E-state index in [1.54, 1.807) is 0 Å². The third-order valence-corrected chi connectivity index (χ3v) is 5.82. The lowest BCUT2D eigenvalue weighted by atomic mass is 9.79. The SMILES string of the molecule is C[C@H](CC(=Nc1cc(C(F)(F)F)[nH]n1)NC(=O)c1ccc(C(F)(F)F)cc1)C1CCCCC1. The number of hydrogen-bond acceptors (Lipinski definition) is 3. The predicted molar refractivity (Wildman–Crippen MR) is 110 cm³/mol. The van der Waals surface area contributed by atoms with Gasteiger partial charge in [-0.05, 0) is 36.1 Å². The molecule has 2 N–H and O–H groups in total. The zero-order valence-electron chi connectivity index (χ0n) is 17.9. The molecule has 1 atom stereocenters. The molecular formula is C22H24F6N4O. The molecule has 1 fully saturated rings. The smallest absolute Gasteiger partial charge is 0.310 e. The molecule has 3 rings (SSSR count). The van der Waals surface area contributed by atoms with Crippen LogP contribution in [-0.2, 0) is 12.4 Å². The Morgan fingerprint density at radius 2 is 1.73 bits per heavy atom. The summed E-state index contributed by atoms with van der Waals surface area (Å²) in [6.45, 7) is 1.99. The van der Waals surface area contributed by atoms with E-state index in [1.165, 1.54) is 0 Å². The van der Waals surface area contributed by atoms with Crippen molar-refractivity contribution in [1.82, 2.24) is 15.5 Å². The summed E-state index contributed by atoms with van der Waals surface area (Å²) in [6.07, 6.45) is -3.51. The van der Waals surface area contributed by atoms with Gasteiger partial charge >= 0.3 is 12.4 Å². The van der Waals surface area contributed by atoms with Crippen molar-refractivity contribution in [3.8, 4) is 0 Å². The second-order valence-electron chi connectivity index (χ2n) is 8.30. The second kappa shape index (κ2) is 9.96. The van der Waals surface area contributed by atoms with E-state index in [9.17, 15) is 31.1 Å². The van der Waals surface area contributed by atoms with Crippen molar-refractivity contribution >= 4 is 17.6 Å². The molecule has 1 aromatic carbocycles. The van der Waals surface area contributed by atoms with E-state index in [2.05, 4.69) is 15.4 Å². The van der Waals surface area contributed by atoms with E-state index in [4.69, 9.17) is 0 Å². The number of amides is 1. The van der Waals surface area contributed by atoms with E-state index >= 15 is 0 Å². The number of alkyl halides is 6. The minimum atomic E-state index is -4.63. The van der Waals surface area contributed by atoms with Gasteiger partial charge < -0.3 is 5.32 Å². The first kappa shape index (κ1) is 24.8. The van der Waals surface area contributed by atoms with Crippen molar-refractivity contribution < 1.29 is 31.1 Å². The molecule has 1 aliphatic carbocycles. The Balaban J connectivity index is 1.81. The summed E-state index contributed by atoms with van der Waals surface area (Å²) in [5, 5.41) is 7.98. The minimum absolute atomic E-state index is 0.0287. The topological polar surface area (TPSA) is 70.1 Å². The zero-order chi connectivity index (χ0) is 24.2. The maximum atomic E-state index is 12.9. The molecule has 33 heavy (non-hydrogen) atoms. The number of hydrogen-bond donors (Lipinski definition) is 2. The van der Waals surface area contributed by atoms with Crippen LogP contribution in [0, 0.1) is 11.8 Å². The lowest BCUT2D eigenvalue weighted by Crippen LogP contribution is -2.33. The molecule has 1 amide bonds. The zero-order valence-corrected chi connectivity index (χ0v) is 17.9. The second-order valence-corrected chi connectivity index (χ2v) is 8.30. The first-order valence-electron chi connectivity index (χ1n) is 10.6. The number of benzene rings is 1. The number of aromatic nitrogens is 2. The van der Waals surface area contributed by atoms with E-state index in [0.717, 1.165) is 62.4 Å². The molecule has 0 saturated heterocycles. The summed E-state index contributed by atoms with van der Waals surface area (Å²) in [5.74, 6) is -0.362. The van der Waals surface area contributed by atoms with Gasteiger partial charge in [0.15, 0.2) is 5.82 Å². The van der Waals surface area contributed by atoms with Crippen LogP contribution in [0.4, 0.5) is 32.2 Å². The average Bonchev–Trinajstić information content (AvgIpc) is 3.23. The number of amidine groups is 1. The van der Waals surface area contributed by atoms with Crippen LogP contribution in [-0.4, -0.2) is 21.9 Å². The number of nitrogens with one attached hydrogen (secondary N) is 2. The van der Waals surface area contributed by atoms with Crippen molar-refractivity contribution in [2.24, 2.45) is 16.8 Å². The molecule has 180 valence electrons. The van der Waals surface area contributed by atoms with Gasteiger partial charge in [-0.15, -0.1) is 0 Å². The quantitative estimate of drug-likeness (QED) is 0.295. The monoisotopic (exact) mass is 474 g/mol. The van der Waals surface area contributed by atoms with Gasteiger partial charge in [0.25, 0.3) is 5.91 Å². The van der Waals surface area contributed by atoms with Gasteiger partial charge in [0.1, 0.15) is 11.5 Å². The van der Waals surface area contributed by atoms with Gasteiger partial charge in [-0.25, -0.2) is 4.99 Å². The molecule has 1 saturated carbocycles. The van der Waals surface area contributed by atoms with Crippen molar-refractivity contribution in [3.05, 3.63) is 47.2 Å². The van der Waals surface area contributed by atoms with Crippen LogP contribution < -0.4 is 5.32 Å². The highest BCUT2D eigenvalue weighted by Crippen LogP contribution is 2.33. The molecule has 0 spiro atoms. The Morgan fingerprint density at radius 1 is 1.09 bits per heavy atom. The fourth-order valence-corrected chi connectivity index (χ4v) is 3.97. The summed E-state index contributed by atoms with van der Waals surface area (Å²) in [6, 6.07) is 4.39. The molecule has 0 unspecified atom stereocenters. The Kier molecular flexibility index (Phi) is 7.48. The summed E-state index contributed by atoms with van der Waals surface area (Å²) in [7, 11) is 0. The molecule has 1 aromatic heterocycles. The number of H-pyrrole nitrogens is 1. The Labute approximate surface area is 186 Å². The van der Waals surface area contributed by atoms with Crippen molar-refractivity contribution in [3.63, 3.8) is 0 Å². The largest absolute Gasteiger partial charge is 0.432 e. The van der Waals surface area contributed by atoms with Crippen molar-refractivity contribution in [1.29, 1.82) is 0 Å². The number of aromatic amines is 1. The summed E-state index contributed by atoms with van der Waals surface area (Å²) in [4.78, 5) is 16.8. The highest BCUT2D eigenvalue weighted by molar-refractivity contribution is 6.07. The molecule has 11 heteroatoms. The highest BCUT2D eigenvalue weighted by atomic mass is 19.4. The van der Waals surface area contributed by atoms with Crippen LogP contribution in [0.5, 0.6) is 0 Å². The number of carbonyl (C=O) groups excluding carboxylic acids is 1. The third-order valence-electron chi connectivity index (χ3n) is 5.82. The van der Waals surface area contributed by atoms with E-state index in [1.807, 2.05) is 12.0 Å². The van der Waals surface area contributed by atoms with Gasteiger partial charge in [0.05, 0.1) is 5.56 Å². The maximum absolute atomic E-state index is 12.9. The molecular weight excluding hydrogens is 450 g/mol. The van der Waals surface area contributed by atoms with Crippen LogP contribution >= 0.6 is 0 Å². The number of carbonyl (C=O) groups is 1. The molecule has 5 nitrogen and oxygen atoms in total. The van der Waals surface area contributed by atoms with Gasteiger partial charge in [-0.1, -0.05) is 39.0 Å². The fourth-order valence-electron chi connectivity index (χ4n) is 3.97. The van der Waals surface area contributed by atoms with Crippen molar-refractivity contribution in [2.75, 3.05) is 0 Å². The van der Waals surface area contributed by atoms with Gasteiger partial charge in [0.2, 0.25) is 0 Å². The summed E-state index contributed by atoms with van der Waals surface area (Å²) < 4.78 is 76.9. The lowest BCUT2D eigenvalue weighted by Gasteiger charge is -2.28. The van der Waals surface area contributed by atoms with E-state index in [0.29, 0.717) is 5.92 Å². The minimum Gasteiger partial charge on any atom is -0.310 e. The van der Waals surface area contributed by atoms with Crippen LogP contribution in [0.25, 0.3) is 0 Å². The van der Waals surface area contributed by atoms with Crippen LogP contribution in [0.3, 0.4) is 0 Å². The number of nitrogens with zero attached hydrogens (tertiary/aromatic N) is 2. The summed E-state index contributed by atoms with van der Waals surface area (Å²) in [5.41, 5.74) is -2.00. The predicted octanol–water partition coefficient (Wildman–Crippen LogP) is 6.51. The molecule has 1 heterocycles. The first-order valence-corrected chi connectivity index (χ1v) is 10.6. The van der Waals surface area contributed by atoms with Crippen LogP contribution in [0.15, 0.2) is 35.3 Å². The molecule has 0 aliphatic heterocycles. The molecule has 1 aliphatic rings. The molecule has 0 bridgehead atoms. The van der Waals surface area contributed by atoms with Crippen LogP contribution in [0.2, 0.25) is 0 Å². The normalized spacial score (nSPS) is 17.1. The van der Waals surface area contributed by atoms with Crippen LogP contribution in [0.1, 0.15) is 67.1 Å². The Morgan fingerprint density at radius 3 is 2.27 bits per heavy atom. The standard InChI is InChI=1S/C22H24F6N4O/c1-13(14-5-3-2-4-6-14)11-18(29-19-12-17(31-32-19)22(26,27)28)30-20(33)15-7-9-16(10-8-15)21(23,24)25/h7-10,12-14H,2-6,11H2,1H3,(H2,29,30,31,32,33)/t13-/m1/s1. The summed E-state index contributed by atoms with van der Waals surface area (Å²) >= 11 is 0. The van der Waals surface area contributed by atoms with Gasteiger partial charge in [-0.2, -0.15) is 31.4 Å². The van der Waals surface area contributed by atoms with Gasteiger partial charge in [-0.3, -0.25) is 9.89 Å².